The van der Waals surface area contributed by atoms with Crippen molar-refractivity contribution < 1.29 is 23.4 Å². The van der Waals surface area contributed by atoms with E-state index in [-0.39, 0.29) is 40.9 Å². The van der Waals surface area contributed by atoms with Crippen molar-refractivity contribution in [1.29, 1.82) is 5.26 Å². The van der Waals surface area contributed by atoms with Crippen LogP contribution in [0.4, 0.5) is 4.39 Å². The molecule has 0 bridgehead atoms. The number of ether oxygens (including phenoxy) is 3. The Hall–Kier alpha value is -3.79. The number of nitrogens with zero attached hydrogens (tertiary/aromatic N) is 5. The first kappa shape index (κ1) is 26.8. The zero-order valence-corrected chi connectivity index (χ0v) is 21.0. The summed E-state index contributed by atoms with van der Waals surface area (Å²) in [5.41, 5.74) is 4.80. The summed E-state index contributed by atoms with van der Waals surface area (Å²) in [5, 5.41) is 13.7. The van der Waals surface area contributed by atoms with Gasteiger partial charge in [-0.1, -0.05) is 11.8 Å². The number of hydrogen-bond donors (Lipinski definition) is 1. The van der Waals surface area contributed by atoms with E-state index in [0.29, 0.717) is 27.4 Å². The van der Waals surface area contributed by atoms with E-state index in [4.69, 9.17) is 25.8 Å². The van der Waals surface area contributed by atoms with E-state index in [1.54, 1.807) is 32.2 Å². The maximum absolute atomic E-state index is 13.9. The van der Waals surface area contributed by atoms with Crippen molar-refractivity contribution in [1.82, 2.24) is 20.4 Å². The predicted molar refractivity (Wildman–Crippen MR) is 131 cm³/mol. The van der Waals surface area contributed by atoms with Crippen LogP contribution in [-0.2, 0) is 16.1 Å². The molecular weight excluding hydrogens is 511 g/mol. The Bertz CT molecular complexity index is 1330. The molecule has 0 aliphatic heterocycles. The highest BCUT2D eigenvalue weighted by Gasteiger charge is 2.14. The van der Waals surface area contributed by atoms with Gasteiger partial charge < -0.3 is 14.2 Å². The highest BCUT2D eigenvalue weighted by Crippen LogP contribution is 2.32. The summed E-state index contributed by atoms with van der Waals surface area (Å²) in [4.78, 5) is 23.8. The van der Waals surface area contributed by atoms with Crippen molar-refractivity contribution in [2.45, 2.75) is 18.6 Å². The highest BCUT2D eigenvalue weighted by atomic mass is 35.5. The monoisotopic (exact) mass is 530 g/mol. The average molecular weight is 531 g/mol. The van der Waals surface area contributed by atoms with Crippen LogP contribution in [-0.4, -0.2) is 47.0 Å². The van der Waals surface area contributed by atoms with E-state index < -0.39 is 5.82 Å². The molecule has 1 aromatic carbocycles. The number of carbonyl (C=O) groups excluding carboxylic acids is 1. The van der Waals surface area contributed by atoms with Crippen LogP contribution in [0, 0.1) is 24.1 Å². The van der Waals surface area contributed by atoms with Crippen LogP contribution in [0.1, 0.15) is 22.4 Å². The van der Waals surface area contributed by atoms with E-state index in [2.05, 4.69) is 31.5 Å². The second-order valence-electron chi connectivity index (χ2n) is 7.03. The third-order valence-electron chi connectivity index (χ3n) is 4.43. The molecule has 3 rings (SSSR count). The molecule has 0 saturated carbocycles. The van der Waals surface area contributed by atoms with Gasteiger partial charge >= 0.3 is 0 Å². The molecule has 0 radical (unpaired) electrons. The zero-order chi connectivity index (χ0) is 26.1. The number of amides is 1. The van der Waals surface area contributed by atoms with E-state index in [1.807, 2.05) is 0 Å². The van der Waals surface area contributed by atoms with Crippen LogP contribution >= 0.6 is 23.4 Å². The van der Waals surface area contributed by atoms with Crippen LogP contribution in [0.3, 0.4) is 0 Å². The number of methoxy groups -OCH3 is 2. The van der Waals surface area contributed by atoms with Gasteiger partial charge in [-0.3, -0.25) is 4.79 Å². The number of nitriles is 1. The minimum absolute atomic E-state index is 0.00193. The van der Waals surface area contributed by atoms with Gasteiger partial charge in [0.15, 0.2) is 11.5 Å². The van der Waals surface area contributed by atoms with E-state index >= 15 is 0 Å². The molecule has 0 unspecified atom stereocenters. The van der Waals surface area contributed by atoms with Crippen molar-refractivity contribution in [2.75, 3.05) is 20.0 Å². The third-order valence-corrected chi connectivity index (χ3v) is 5.58. The van der Waals surface area contributed by atoms with Gasteiger partial charge in [0.05, 0.1) is 37.4 Å². The summed E-state index contributed by atoms with van der Waals surface area (Å²) in [6, 6.07) is 8.62. The van der Waals surface area contributed by atoms with Crippen LogP contribution in [0.5, 0.6) is 17.4 Å². The van der Waals surface area contributed by atoms with Crippen LogP contribution in [0.25, 0.3) is 0 Å². The summed E-state index contributed by atoms with van der Waals surface area (Å²) in [5.74, 6) is -1.06. The lowest BCUT2D eigenvalue weighted by molar-refractivity contribution is -0.118. The highest BCUT2D eigenvalue weighted by molar-refractivity contribution is 8.00. The van der Waals surface area contributed by atoms with Crippen molar-refractivity contribution in [3.05, 3.63) is 63.9 Å². The van der Waals surface area contributed by atoms with Gasteiger partial charge in [0, 0.05) is 12.8 Å². The first-order valence-electron chi connectivity index (χ1n) is 10.2. The van der Waals surface area contributed by atoms with Gasteiger partial charge in [-0.15, -0.1) is 0 Å². The second kappa shape index (κ2) is 12.8. The topological polar surface area (TPSA) is 132 Å². The Morgan fingerprint density at radius 2 is 2.11 bits per heavy atom. The van der Waals surface area contributed by atoms with Gasteiger partial charge in [0.1, 0.15) is 11.1 Å². The van der Waals surface area contributed by atoms with Crippen molar-refractivity contribution in [3.63, 3.8) is 0 Å². The van der Waals surface area contributed by atoms with Gasteiger partial charge in [-0.05, 0) is 53.9 Å². The van der Waals surface area contributed by atoms with Gasteiger partial charge in [0.2, 0.25) is 17.0 Å². The molecule has 36 heavy (non-hydrogen) atoms. The molecule has 1 N–H and O–H groups in total. The Kier molecular flexibility index (Phi) is 9.52. The lowest BCUT2D eigenvalue weighted by Crippen LogP contribution is -2.20. The molecule has 0 saturated heterocycles. The number of benzene rings is 1. The number of carbonyl (C=O) groups is 1. The Morgan fingerprint density at radius 3 is 2.83 bits per heavy atom. The van der Waals surface area contributed by atoms with Crippen molar-refractivity contribution in [2.24, 2.45) is 5.10 Å². The molecule has 0 atom stereocenters. The molecule has 0 aliphatic carbocycles. The first-order chi connectivity index (χ1) is 17.3. The molecule has 0 fully saturated rings. The molecule has 1 amide bonds. The Balaban J connectivity index is 1.62. The van der Waals surface area contributed by atoms with Crippen LogP contribution < -0.4 is 14.9 Å². The van der Waals surface area contributed by atoms with Crippen LogP contribution in [0.2, 0.25) is 5.28 Å². The normalized spacial score (nSPS) is 10.8. The molecule has 186 valence electrons. The largest absolute Gasteiger partial charge is 0.493 e. The maximum Gasteiger partial charge on any atom is 0.260 e. The van der Waals surface area contributed by atoms with E-state index in [9.17, 15) is 14.4 Å². The quantitative estimate of drug-likeness (QED) is 0.178. The van der Waals surface area contributed by atoms with Gasteiger partial charge in [-0.2, -0.15) is 19.7 Å². The lowest BCUT2D eigenvalue weighted by Gasteiger charge is -2.10. The lowest BCUT2D eigenvalue weighted by atomic mass is 10.1. The molecule has 10 nitrogen and oxygen atoms in total. The second-order valence-corrected chi connectivity index (χ2v) is 8.34. The average Bonchev–Trinajstić information content (AvgIpc) is 2.85. The fraction of sp³-hybridized carbons (Fsp3) is 0.217. The molecule has 3 aromatic rings. The predicted octanol–water partition coefficient (Wildman–Crippen LogP) is 4.03. The number of aromatic nitrogens is 3. The zero-order valence-electron chi connectivity index (χ0n) is 19.4. The first-order valence-corrected chi connectivity index (χ1v) is 11.6. The summed E-state index contributed by atoms with van der Waals surface area (Å²) >= 11 is 6.82. The molecule has 13 heteroatoms. The Morgan fingerprint density at radius 1 is 1.31 bits per heavy atom. The number of thioether (sulfide) groups is 1. The number of nitrogens with one attached hydrogen (secondary N) is 1. The van der Waals surface area contributed by atoms with Crippen LogP contribution in [0.15, 0.2) is 40.6 Å². The minimum atomic E-state index is -0.787. The standard InChI is InChI=1S/C23H20ClFN6O4S/c1-13-6-15(11-33-2)16(8-26)22(29-13)36-12-20(32)31-28-9-14-4-5-18(19(7-14)34-3)35-21-17(25)10-27-23(24)30-21/h4-7,9-10H,11-12H2,1-3H3,(H,31,32)/b28-9+. The number of hydrazone groups is 1. The number of pyridine rings is 1. The molecule has 0 aliphatic rings. The summed E-state index contributed by atoms with van der Waals surface area (Å²) < 4.78 is 29.7. The van der Waals surface area contributed by atoms with Gasteiger partial charge in [0.25, 0.3) is 5.88 Å². The smallest absolute Gasteiger partial charge is 0.260 e. The fourth-order valence-corrected chi connectivity index (χ4v) is 3.89. The molecule has 0 spiro atoms. The SMILES string of the molecule is COCc1cc(C)nc(SCC(=O)N/N=C/c2ccc(Oc3nc(Cl)ncc3F)c(OC)c2)c1C#N. The van der Waals surface area contributed by atoms with E-state index in [1.165, 1.54) is 19.4 Å². The molecular formula is C23H20ClFN6O4S. The summed E-state index contributed by atoms with van der Waals surface area (Å²) in [7, 11) is 2.96. The summed E-state index contributed by atoms with van der Waals surface area (Å²) in [6.45, 7) is 2.07. The maximum atomic E-state index is 13.9. The Labute approximate surface area is 215 Å². The third kappa shape index (κ3) is 7.11. The van der Waals surface area contributed by atoms with Gasteiger partial charge in [-0.25, -0.2) is 15.4 Å². The minimum Gasteiger partial charge on any atom is -0.493 e. The number of hydrogen-bond acceptors (Lipinski definition) is 10. The number of halogens is 2. The number of aryl methyl sites for hydroxylation is 1. The fourth-order valence-electron chi connectivity index (χ4n) is 2.90. The van der Waals surface area contributed by atoms with Crippen molar-refractivity contribution >= 4 is 35.5 Å². The number of rotatable bonds is 10. The molecule has 2 heterocycles. The van der Waals surface area contributed by atoms with E-state index in [0.717, 1.165) is 18.0 Å². The summed E-state index contributed by atoms with van der Waals surface area (Å²) in [6.07, 6.45) is 2.30. The van der Waals surface area contributed by atoms with Crippen molar-refractivity contribution in [3.8, 4) is 23.4 Å². The molecule has 2 aromatic heterocycles.